The van der Waals surface area contributed by atoms with Crippen molar-refractivity contribution in [3.63, 3.8) is 0 Å². The fourth-order valence-corrected chi connectivity index (χ4v) is 2.51. The van der Waals surface area contributed by atoms with Crippen molar-refractivity contribution < 1.29 is 4.79 Å². The van der Waals surface area contributed by atoms with E-state index in [1.54, 1.807) is 0 Å². The minimum atomic E-state index is -0.174. The van der Waals surface area contributed by atoms with Gasteiger partial charge in [-0.2, -0.15) is 0 Å². The fraction of sp³-hybridized carbons (Fsp3) is 0.500. The fourth-order valence-electron chi connectivity index (χ4n) is 2.51. The average Bonchev–Trinajstić information content (AvgIpc) is 2.34. The second kappa shape index (κ2) is 5.87. The molecule has 0 spiro atoms. The first-order valence-corrected chi connectivity index (χ1v) is 6.48. The van der Waals surface area contributed by atoms with Gasteiger partial charge in [-0.15, -0.1) is 0 Å². The molecule has 4 N–H and O–H groups in total. The van der Waals surface area contributed by atoms with Gasteiger partial charge in [0.05, 0.1) is 0 Å². The molecule has 0 aromatic heterocycles. The zero-order chi connectivity index (χ0) is 13.0. The van der Waals surface area contributed by atoms with Gasteiger partial charge in [0.2, 0.25) is 5.91 Å². The molecule has 1 aliphatic heterocycles. The Kier molecular flexibility index (Phi) is 4.20. The van der Waals surface area contributed by atoms with Crippen LogP contribution in [0.4, 0.5) is 5.69 Å². The first-order valence-electron chi connectivity index (χ1n) is 6.48. The smallest absolute Gasteiger partial charge is 0.217 e. The Morgan fingerprint density at radius 1 is 1.22 bits per heavy atom. The van der Waals surface area contributed by atoms with E-state index in [4.69, 9.17) is 11.5 Å². The zero-order valence-electron chi connectivity index (χ0n) is 10.6. The van der Waals surface area contributed by atoms with Gasteiger partial charge in [-0.05, 0) is 49.5 Å². The van der Waals surface area contributed by atoms with Crippen LogP contribution in [0.15, 0.2) is 24.3 Å². The Hall–Kier alpha value is -1.55. The molecule has 18 heavy (non-hydrogen) atoms. The van der Waals surface area contributed by atoms with Crippen molar-refractivity contribution in [1.29, 1.82) is 0 Å². The van der Waals surface area contributed by atoms with Crippen molar-refractivity contribution in [3.05, 3.63) is 29.8 Å². The van der Waals surface area contributed by atoms with E-state index in [2.05, 4.69) is 17.0 Å². The van der Waals surface area contributed by atoms with Gasteiger partial charge in [-0.1, -0.05) is 12.1 Å². The van der Waals surface area contributed by atoms with Gasteiger partial charge in [0.1, 0.15) is 0 Å². The summed E-state index contributed by atoms with van der Waals surface area (Å²) in [7, 11) is 0. The summed E-state index contributed by atoms with van der Waals surface area (Å²) in [6.45, 7) is 3.05. The number of hydrogen-bond acceptors (Lipinski definition) is 3. The van der Waals surface area contributed by atoms with E-state index in [1.807, 2.05) is 12.1 Å². The van der Waals surface area contributed by atoms with Gasteiger partial charge < -0.3 is 11.5 Å². The standard InChI is InChI=1S/C14H21N3O/c15-13-3-1-12(2-4-13)10-17-7-5-11(6-8-17)9-14(16)18/h1-4,11H,5-10,15H2,(H2,16,18). The predicted molar refractivity (Wildman–Crippen MR) is 72.7 cm³/mol. The van der Waals surface area contributed by atoms with E-state index in [9.17, 15) is 4.79 Å². The molecule has 0 saturated carbocycles. The van der Waals surface area contributed by atoms with Gasteiger partial charge in [0.25, 0.3) is 0 Å². The number of carbonyl (C=O) groups is 1. The van der Waals surface area contributed by atoms with Crippen LogP contribution in [0.25, 0.3) is 0 Å². The van der Waals surface area contributed by atoms with Crippen LogP contribution in [-0.4, -0.2) is 23.9 Å². The lowest BCUT2D eigenvalue weighted by Crippen LogP contribution is -2.34. The molecule has 0 atom stereocenters. The highest BCUT2D eigenvalue weighted by molar-refractivity contribution is 5.73. The Bertz CT molecular complexity index is 394. The molecule has 0 aliphatic carbocycles. The Morgan fingerprint density at radius 2 is 1.83 bits per heavy atom. The summed E-state index contributed by atoms with van der Waals surface area (Å²) in [6.07, 6.45) is 2.67. The maximum absolute atomic E-state index is 10.9. The third kappa shape index (κ3) is 3.74. The van der Waals surface area contributed by atoms with E-state index >= 15 is 0 Å². The molecule has 1 aromatic carbocycles. The van der Waals surface area contributed by atoms with E-state index in [-0.39, 0.29) is 5.91 Å². The summed E-state index contributed by atoms with van der Waals surface area (Å²) in [6, 6.07) is 8.03. The van der Waals surface area contributed by atoms with E-state index < -0.39 is 0 Å². The van der Waals surface area contributed by atoms with Crippen LogP contribution in [0.1, 0.15) is 24.8 Å². The molecule has 0 bridgehead atoms. The van der Waals surface area contributed by atoms with Crippen LogP contribution in [-0.2, 0) is 11.3 Å². The van der Waals surface area contributed by atoms with Gasteiger partial charge in [-0.25, -0.2) is 0 Å². The summed E-state index contributed by atoms with van der Waals surface area (Å²) in [5, 5.41) is 0. The number of nitrogen functional groups attached to an aromatic ring is 1. The number of likely N-dealkylation sites (tertiary alicyclic amines) is 1. The maximum Gasteiger partial charge on any atom is 0.217 e. The number of carbonyl (C=O) groups excluding carboxylic acids is 1. The molecule has 98 valence electrons. The Labute approximate surface area is 108 Å². The van der Waals surface area contributed by atoms with Crippen molar-refractivity contribution in [3.8, 4) is 0 Å². The number of amides is 1. The number of piperidine rings is 1. The average molecular weight is 247 g/mol. The van der Waals surface area contributed by atoms with Crippen molar-refractivity contribution in [1.82, 2.24) is 4.90 Å². The van der Waals surface area contributed by atoms with Crippen molar-refractivity contribution in [2.24, 2.45) is 11.7 Å². The van der Waals surface area contributed by atoms with Crippen molar-refractivity contribution >= 4 is 11.6 Å². The normalized spacial score (nSPS) is 17.8. The van der Waals surface area contributed by atoms with E-state index in [1.165, 1.54) is 5.56 Å². The lowest BCUT2D eigenvalue weighted by molar-refractivity contribution is -0.119. The molecule has 1 fully saturated rings. The van der Waals surface area contributed by atoms with Gasteiger partial charge in [0.15, 0.2) is 0 Å². The van der Waals surface area contributed by atoms with E-state index in [0.717, 1.165) is 38.2 Å². The molecule has 1 amide bonds. The highest BCUT2D eigenvalue weighted by atomic mass is 16.1. The summed E-state index contributed by atoms with van der Waals surface area (Å²) in [5.74, 6) is 0.303. The maximum atomic E-state index is 10.9. The highest BCUT2D eigenvalue weighted by Crippen LogP contribution is 2.21. The van der Waals surface area contributed by atoms with Crippen LogP contribution in [0, 0.1) is 5.92 Å². The number of rotatable bonds is 4. The molecule has 2 rings (SSSR count). The SMILES string of the molecule is NC(=O)CC1CCN(Cc2ccc(N)cc2)CC1. The molecule has 4 heteroatoms. The molecule has 4 nitrogen and oxygen atoms in total. The first-order chi connectivity index (χ1) is 8.63. The number of hydrogen-bond donors (Lipinski definition) is 2. The Balaban J connectivity index is 1.79. The molecule has 1 aliphatic rings. The number of nitrogens with zero attached hydrogens (tertiary/aromatic N) is 1. The minimum absolute atomic E-state index is 0.174. The van der Waals surface area contributed by atoms with Crippen LogP contribution < -0.4 is 11.5 Å². The van der Waals surface area contributed by atoms with Gasteiger partial charge in [-0.3, -0.25) is 9.69 Å². The highest BCUT2D eigenvalue weighted by Gasteiger charge is 2.20. The van der Waals surface area contributed by atoms with Crippen molar-refractivity contribution in [2.75, 3.05) is 18.8 Å². The summed E-state index contributed by atoms with van der Waals surface area (Å²) >= 11 is 0. The summed E-state index contributed by atoms with van der Waals surface area (Å²) < 4.78 is 0. The van der Waals surface area contributed by atoms with Crippen LogP contribution in [0.2, 0.25) is 0 Å². The summed E-state index contributed by atoms with van der Waals surface area (Å²) in [5.41, 5.74) is 13.0. The van der Waals surface area contributed by atoms with Crippen LogP contribution in [0.3, 0.4) is 0 Å². The Morgan fingerprint density at radius 3 is 2.39 bits per heavy atom. The number of benzene rings is 1. The van der Waals surface area contributed by atoms with Gasteiger partial charge >= 0.3 is 0 Å². The second-order valence-electron chi connectivity index (χ2n) is 5.13. The van der Waals surface area contributed by atoms with E-state index in [0.29, 0.717) is 12.3 Å². The third-order valence-corrected chi connectivity index (χ3v) is 3.58. The molecule has 1 saturated heterocycles. The molecule has 0 radical (unpaired) electrons. The molecule has 0 unspecified atom stereocenters. The quantitative estimate of drug-likeness (QED) is 0.789. The van der Waals surface area contributed by atoms with Crippen molar-refractivity contribution in [2.45, 2.75) is 25.8 Å². The molecule has 1 aromatic rings. The van der Waals surface area contributed by atoms with Crippen LogP contribution >= 0.6 is 0 Å². The number of anilines is 1. The monoisotopic (exact) mass is 247 g/mol. The van der Waals surface area contributed by atoms with Crippen LogP contribution in [0.5, 0.6) is 0 Å². The molecule has 1 heterocycles. The summed E-state index contributed by atoms with van der Waals surface area (Å²) in [4.78, 5) is 13.3. The van der Waals surface area contributed by atoms with Gasteiger partial charge in [0, 0.05) is 18.7 Å². The predicted octanol–water partition coefficient (Wildman–Crippen LogP) is 1.36. The number of nitrogens with two attached hydrogens (primary N) is 2. The lowest BCUT2D eigenvalue weighted by atomic mass is 9.93. The first kappa shape index (κ1) is 12.9. The largest absolute Gasteiger partial charge is 0.399 e. The lowest BCUT2D eigenvalue weighted by Gasteiger charge is -2.31. The second-order valence-corrected chi connectivity index (χ2v) is 5.13. The molecular formula is C14H21N3O. The minimum Gasteiger partial charge on any atom is -0.399 e. The topological polar surface area (TPSA) is 72.4 Å². The zero-order valence-corrected chi connectivity index (χ0v) is 10.6. The third-order valence-electron chi connectivity index (χ3n) is 3.58. The molecular weight excluding hydrogens is 226 g/mol. The number of primary amides is 1.